The molecule has 0 saturated carbocycles. The maximum Gasteiger partial charge on any atom is 0.171 e. The van der Waals surface area contributed by atoms with Gasteiger partial charge in [0.2, 0.25) is 0 Å². The molecule has 0 bridgehead atoms. The Morgan fingerprint density at radius 3 is 2.35 bits per heavy atom. The zero-order chi connectivity index (χ0) is 12.5. The van der Waals surface area contributed by atoms with Gasteiger partial charge in [-0.3, -0.25) is 4.84 Å². The van der Waals surface area contributed by atoms with E-state index in [1.54, 1.807) is 0 Å². The summed E-state index contributed by atoms with van der Waals surface area (Å²) in [7, 11) is 0. The molecule has 0 amide bonds. The van der Waals surface area contributed by atoms with Crippen LogP contribution in [0.2, 0.25) is 0 Å². The molecule has 1 saturated heterocycles. The first-order valence-corrected chi connectivity index (χ1v) is 6.08. The number of rotatable bonds is 4. The quantitative estimate of drug-likeness (QED) is 0.643. The molecule has 2 atom stereocenters. The molecule has 1 heterocycles. The van der Waals surface area contributed by atoms with E-state index in [2.05, 4.69) is 24.5 Å². The Morgan fingerprint density at radius 2 is 1.88 bits per heavy atom. The lowest BCUT2D eigenvalue weighted by Crippen LogP contribution is -2.42. The van der Waals surface area contributed by atoms with Crippen molar-refractivity contribution in [3.8, 4) is 0 Å². The molecular weight excluding hydrogens is 214 g/mol. The Morgan fingerprint density at radius 1 is 1.29 bits per heavy atom. The Kier molecular flexibility index (Phi) is 3.25. The third-order valence-corrected chi connectivity index (χ3v) is 2.83. The molecule has 2 rings (SSSR count). The van der Waals surface area contributed by atoms with E-state index >= 15 is 0 Å². The first-order valence-electron chi connectivity index (χ1n) is 6.08. The maximum atomic E-state index is 5.67. The van der Waals surface area contributed by atoms with E-state index in [0.717, 1.165) is 6.42 Å². The van der Waals surface area contributed by atoms with Crippen molar-refractivity contribution in [1.82, 2.24) is 5.48 Å². The van der Waals surface area contributed by atoms with Gasteiger partial charge >= 0.3 is 0 Å². The predicted octanol–water partition coefficient (Wildman–Crippen LogP) is 2.66. The van der Waals surface area contributed by atoms with Gasteiger partial charge in [-0.15, -0.1) is 0 Å². The topological polar surface area (TPSA) is 33.8 Å². The van der Waals surface area contributed by atoms with Gasteiger partial charge in [-0.2, -0.15) is 5.48 Å². The largest absolute Gasteiger partial charge is 0.348 e. The third kappa shape index (κ3) is 3.28. The van der Waals surface area contributed by atoms with E-state index in [-0.39, 0.29) is 17.4 Å². The van der Waals surface area contributed by atoms with Crippen LogP contribution in [0.5, 0.6) is 0 Å². The summed E-state index contributed by atoms with van der Waals surface area (Å²) in [5.41, 5.74) is 3.77. The van der Waals surface area contributed by atoms with Gasteiger partial charge in [0.15, 0.2) is 5.72 Å². The van der Waals surface area contributed by atoms with Crippen molar-refractivity contribution in [1.29, 1.82) is 0 Å². The summed E-state index contributed by atoms with van der Waals surface area (Å²) in [5, 5.41) is 0. The molecule has 1 N–H and O–H groups in total. The van der Waals surface area contributed by atoms with Gasteiger partial charge in [-0.25, -0.2) is 0 Å². The van der Waals surface area contributed by atoms with Crippen LogP contribution < -0.4 is 5.48 Å². The standard InChI is InChI=1S/C14H21NO2/c1-11-14(16-11,15-17-13(2,3)4)10-12-8-6-5-7-9-12/h5-9,11,15H,10H2,1-4H3/t11-,14-/m0/s1. The average Bonchev–Trinajstić information content (AvgIpc) is 2.87. The van der Waals surface area contributed by atoms with Gasteiger partial charge in [0.05, 0.1) is 5.60 Å². The van der Waals surface area contributed by atoms with Crippen LogP contribution in [0.15, 0.2) is 30.3 Å². The fourth-order valence-corrected chi connectivity index (χ4v) is 1.75. The Hall–Kier alpha value is -0.900. The molecule has 0 aromatic heterocycles. The number of hydrogen-bond acceptors (Lipinski definition) is 3. The fraction of sp³-hybridized carbons (Fsp3) is 0.571. The molecule has 1 aromatic rings. The lowest BCUT2D eigenvalue weighted by Gasteiger charge is -2.23. The summed E-state index contributed by atoms with van der Waals surface area (Å²) in [6, 6.07) is 10.3. The molecule has 1 aliphatic rings. The second-order valence-electron chi connectivity index (χ2n) is 5.63. The number of hydrogen-bond donors (Lipinski definition) is 1. The normalized spacial score (nSPS) is 28.1. The van der Waals surface area contributed by atoms with Crippen molar-refractivity contribution in [3.05, 3.63) is 35.9 Å². The number of epoxide rings is 1. The molecule has 0 radical (unpaired) electrons. The first kappa shape index (κ1) is 12.6. The summed E-state index contributed by atoms with van der Waals surface area (Å²) in [4.78, 5) is 5.62. The van der Waals surface area contributed by atoms with Crippen molar-refractivity contribution in [2.24, 2.45) is 0 Å². The van der Waals surface area contributed by atoms with E-state index in [1.807, 2.05) is 39.0 Å². The van der Waals surface area contributed by atoms with Crippen molar-refractivity contribution in [2.45, 2.75) is 51.5 Å². The summed E-state index contributed by atoms with van der Waals surface area (Å²) in [6.45, 7) is 8.11. The van der Waals surface area contributed by atoms with Crippen LogP contribution >= 0.6 is 0 Å². The van der Waals surface area contributed by atoms with Crippen LogP contribution in [-0.2, 0) is 16.0 Å². The van der Waals surface area contributed by atoms with Gasteiger partial charge < -0.3 is 4.74 Å². The van der Waals surface area contributed by atoms with Gasteiger partial charge in [0.25, 0.3) is 0 Å². The van der Waals surface area contributed by atoms with E-state index in [4.69, 9.17) is 9.57 Å². The first-order chi connectivity index (χ1) is 7.91. The molecule has 0 aliphatic carbocycles. The van der Waals surface area contributed by atoms with Crippen LogP contribution in [0.1, 0.15) is 33.3 Å². The highest BCUT2D eigenvalue weighted by molar-refractivity contribution is 5.19. The van der Waals surface area contributed by atoms with E-state index in [1.165, 1.54) is 5.56 Å². The Labute approximate surface area is 103 Å². The SMILES string of the molecule is C[C@@H]1O[C@]1(Cc1ccccc1)NOC(C)(C)C. The van der Waals surface area contributed by atoms with Crippen LogP contribution in [0.3, 0.4) is 0 Å². The molecule has 1 aliphatic heterocycles. The molecule has 0 unspecified atom stereocenters. The highest BCUT2D eigenvalue weighted by Gasteiger charge is 2.54. The second-order valence-corrected chi connectivity index (χ2v) is 5.63. The number of hydroxylamine groups is 1. The van der Waals surface area contributed by atoms with Gasteiger partial charge in [-0.1, -0.05) is 30.3 Å². The average molecular weight is 235 g/mol. The molecule has 17 heavy (non-hydrogen) atoms. The second kappa shape index (κ2) is 4.41. The smallest absolute Gasteiger partial charge is 0.171 e. The van der Waals surface area contributed by atoms with Crippen LogP contribution in [0.25, 0.3) is 0 Å². The molecule has 1 fully saturated rings. The fourth-order valence-electron chi connectivity index (χ4n) is 1.75. The monoisotopic (exact) mass is 235 g/mol. The molecule has 0 spiro atoms. The van der Waals surface area contributed by atoms with Crippen molar-refractivity contribution in [2.75, 3.05) is 0 Å². The highest BCUT2D eigenvalue weighted by Crippen LogP contribution is 2.37. The zero-order valence-electron chi connectivity index (χ0n) is 11.0. The van der Waals surface area contributed by atoms with Gasteiger partial charge in [0.1, 0.15) is 6.10 Å². The third-order valence-electron chi connectivity index (χ3n) is 2.83. The predicted molar refractivity (Wildman–Crippen MR) is 67.4 cm³/mol. The Bertz CT molecular complexity index is 372. The number of benzene rings is 1. The lowest BCUT2D eigenvalue weighted by atomic mass is 10.0. The molecule has 94 valence electrons. The summed E-state index contributed by atoms with van der Waals surface area (Å²) in [6.07, 6.45) is 1.01. The zero-order valence-corrected chi connectivity index (χ0v) is 11.0. The van der Waals surface area contributed by atoms with Crippen LogP contribution in [0, 0.1) is 0 Å². The Balaban J connectivity index is 1.97. The highest BCUT2D eigenvalue weighted by atomic mass is 16.7. The lowest BCUT2D eigenvalue weighted by molar-refractivity contribution is -0.112. The van der Waals surface area contributed by atoms with Gasteiger partial charge in [-0.05, 0) is 33.3 Å². The minimum Gasteiger partial charge on any atom is -0.348 e. The van der Waals surface area contributed by atoms with E-state index in [9.17, 15) is 0 Å². The van der Waals surface area contributed by atoms with Crippen LogP contribution in [-0.4, -0.2) is 17.4 Å². The van der Waals surface area contributed by atoms with Crippen molar-refractivity contribution in [3.63, 3.8) is 0 Å². The molecular formula is C14H21NO2. The molecule has 1 aromatic carbocycles. The summed E-state index contributed by atoms with van der Waals surface area (Å²) >= 11 is 0. The molecule has 3 heteroatoms. The minimum atomic E-state index is -0.353. The van der Waals surface area contributed by atoms with Gasteiger partial charge in [0, 0.05) is 6.42 Å². The maximum absolute atomic E-state index is 5.67. The van der Waals surface area contributed by atoms with Crippen molar-refractivity contribution < 1.29 is 9.57 Å². The molecule has 3 nitrogen and oxygen atoms in total. The van der Waals surface area contributed by atoms with Crippen LogP contribution in [0.4, 0.5) is 0 Å². The van der Waals surface area contributed by atoms with Crippen molar-refractivity contribution >= 4 is 0 Å². The van der Waals surface area contributed by atoms with E-state index < -0.39 is 0 Å². The van der Waals surface area contributed by atoms with E-state index in [0.29, 0.717) is 0 Å². The minimum absolute atomic E-state index is 0.185. The summed E-state index contributed by atoms with van der Waals surface area (Å²) in [5.74, 6) is 0. The number of nitrogens with one attached hydrogen (secondary N) is 1. The number of ether oxygens (including phenoxy) is 1. The summed E-state index contributed by atoms with van der Waals surface area (Å²) < 4.78 is 5.67.